The smallest absolute Gasteiger partial charge is 0.232 e. The monoisotopic (exact) mass is 432 g/mol. The Morgan fingerprint density at radius 2 is 1.70 bits per heavy atom. The molecule has 0 aliphatic rings. The summed E-state index contributed by atoms with van der Waals surface area (Å²) in [5.74, 6) is 0.642. The van der Waals surface area contributed by atoms with Crippen molar-refractivity contribution in [1.29, 1.82) is 0 Å². The fourth-order valence-electron chi connectivity index (χ4n) is 3.08. The SMILES string of the molecule is Cc1ccc(OC[C@H](C)NC(=O)CCCN(c2cc(C)ccc2C)S(C)(=O)=O)cc1. The summed E-state index contributed by atoms with van der Waals surface area (Å²) in [6.45, 7) is 8.33. The van der Waals surface area contributed by atoms with Crippen LogP contribution in [-0.2, 0) is 14.8 Å². The number of rotatable bonds is 10. The van der Waals surface area contributed by atoms with Gasteiger partial charge in [0.15, 0.2) is 0 Å². The zero-order valence-corrected chi connectivity index (χ0v) is 19.3. The average molecular weight is 433 g/mol. The first-order valence-corrected chi connectivity index (χ1v) is 11.9. The van der Waals surface area contributed by atoms with Crippen molar-refractivity contribution < 1.29 is 17.9 Å². The first kappa shape index (κ1) is 23.7. The molecule has 6 nitrogen and oxygen atoms in total. The van der Waals surface area contributed by atoms with Crippen LogP contribution in [0.2, 0.25) is 0 Å². The van der Waals surface area contributed by atoms with E-state index in [0.717, 1.165) is 22.4 Å². The zero-order valence-electron chi connectivity index (χ0n) is 18.4. The molecule has 30 heavy (non-hydrogen) atoms. The molecule has 0 unspecified atom stereocenters. The van der Waals surface area contributed by atoms with Gasteiger partial charge in [0.05, 0.1) is 18.0 Å². The van der Waals surface area contributed by atoms with E-state index >= 15 is 0 Å². The molecule has 0 saturated carbocycles. The van der Waals surface area contributed by atoms with Crippen molar-refractivity contribution in [1.82, 2.24) is 5.32 Å². The number of anilines is 1. The van der Waals surface area contributed by atoms with E-state index in [1.807, 2.05) is 70.2 Å². The van der Waals surface area contributed by atoms with Crippen molar-refractivity contribution in [3.63, 3.8) is 0 Å². The number of nitrogens with zero attached hydrogens (tertiary/aromatic N) is 1. The first-order chi connectivity index (χ1) is 14.1. The Morgan fingerprint density at radius 1 is 1.07 bits per heavy atom. The number of benzene rings is 2. The molecule has 164 valence electrons. The highest BCUT2D eigenvalue weighted by atomic mass is 32.2. The quantitative estimate of drug-likeness (QED) is 0.621. The van der Waals surface area contributed by atoms with Crippen LogP contribution in [0.15, 0.2) is 42.5 Å². The van der Waals surface area contributed by atoms with Crippen molar-refractivity contribution in [2.24, 2.45) is 0 Å². The van der Waals surface area contributed by atoms with Gasteiger partial charge < -0.3 is 10.1 Å². The van der Waals surface area contributed by atoms with Gasteiger partial charge in [-0.05, 0) is 63.4 Å². The largest absolute Gasteiger partial charge is 0.491 e. The van der Waals surface area contributed by atoms with Crippen LogP contribution in [0.3, 0.4) is 0 Å². The molecule has 0 aliphatic heterocycles. The molecule has 0 heterocycles. The summed E-state index contributed by atoms with van der Waals surface area (Å²) in [4.78, 5) is 12.3. The Bertz CT molecular complexity index is 956. The van der Waals surface area contributed by atoms with Gasteiger partial charge in [-0.2, -0.15) is 0 Å². The van der Waals surface area contributed by atoms with Crippen LogP contribution in [0, 0.1) is 20.8 Å². The molecule has 1 atom stereocenters. The van der Waals surface area contributed by atoms with Crippen molar-refractivity contribution in [2.45, 2.75) is 46.6 Å². The van der Waals surface area contributed by atoms with E-state index < -0.39 is 10.0 Å². The van der Waals surface area contributed by atoms with E-state index in [1.54, 1.807) is 0 Å². The van der Waals surface area contributed by atoms with Crippen LogP contribution in [0.5, 0.6) is 5.75 Å². The third-order valence-electron chi connectivity index (χ3n) is 4.73. The van der Waals surface area contributed by atoms with Crippen molar-refractivity contribution >= 4 is 21.6 Å². The Morgan fingerprint density at radius 3 is 2.33 bits per heavy atom. The van der Waals surface area contributed by atoms with E-state index in [4.69, 9.17) is 4.74 Å². The predicted molar refractivity (Wildman–Crippen MR) is 122 cm³/mol. The molecule has 0 aromatic heterocycles. The van der Waals surface area contributed by atoms with Gasteiger partial charge in [0.2, 0.25) is 15.9 Å². The molecule has 2 aromatic carbocycles. The van der Waals surface area contributed by atoms with E-state index in [2.05, 4.69) is 5.32 Å². The highest BCUT2D eigenvalue weighted by Crippen LogP contribution is 2.24. The molecule has 2 rings (SSSR count). The molecule has 0 spiro atoms. The summed E-state index contributed by atoms with van der Waals surface area (Å²) in [6, 6.07) is 13.3. The van der Waals surface area contributed by atoms with E-state index in [1.165, 1.54) is 10.6 Å². The Labute approximate surface area is 180 Å². The van der Waals surface area contributed by atoms with Crippen LogP contribution in [0.1, 0.15) is 36.5 Å². The number of carbonyl (C=O) groups excluding carboxylic acids is 1. The zero-order chi connectivity index (χ0) is 22.3. The lowest BCUT2D eigenvalue weighted by Crippen LogP contribution is -2.37. The summed E-state index contributed by atoms with van der Waals surface area (Å²) in [6.07, 6.45) is 1.86. The van der Waals surface area contributed by atoms with Crippen molar-refractivity contribution in [3.8, 4) is 5.75 Å². The van der Waals surface area contributed by atoms with Crippen LogP contribution in [0.25, 0.3) is 0 Å². The number of ether oxygens (including phenoxy) is 1. The lowest BCUT2D eigenvalue weighted by atomic mass is 10.1. The highest BCUT2D eigenvalue weighted by molar-refractivity contribution is 7.92. The van der Waals surface area contributed by atoms with Gasteiger partial charge in [-0.1, -0.05) is 29.8 Å². The maximum Gasteiger partial charge on any atom is 0.232 e. The summed E-state index contributed by atoms with van der Waals surface area (Å²) in [7, 11) is -3.44. The van der Waals surface area contributed by atoms with E-state index in [-0.39, 0.29) is 24.9 Å². The van der Waals surface area contributed by atoms with Gasteiger partial charge in [0, 0.05) is 13.0 Å². The van der Waals surface area contributed by atoms with Gasteiger partial charge >= 0.3 is 0 Å². The number of nitrogens with one attached hydrogen (secondary N) is 1. The number of hydrogen-bond donors (Lipinski definition) is 1. The molecule has 0 saturated heterocycles. The van der Waals surface area contributed by atoms with Crippen molar-refractivity contribution in [2.75, 3.05) is 23.7 Å². The van der Waals surface area contributed by atoms with Gasteiger partial charge in [-0.25, -0.2) is 8.42 Å². The molecule has 0 bridgehead atoms. The second-order valence-electron chi connectivity index (χ2n) is 7.82. The minimum Gasteiger partial charge on any atom is -0.491 e. The minimum absolute atomic E-state index is 0.121. The Hall–Kier alpha value is -2.54. The third kappa shape index (κ3) is 7.37. The highest BCUT2D eigenvalue weighted by Gasteiger charge is 2.19. The molecular weight excluding hydrogens is 400 g/mol. The number of hydrogen-bond acceptors (Lipinski definition) is 4. The third-order valence-corrected chi connectivity index (χ3v) is 5.91. The summed E-state index contributed by atoms with van der Waals surface area (Å²) in [5, 5.41) is 2.90. The Balaban J connectivity index is 1.85. The van der Waals surface area contributed by atoms with Gasteiger partial charge in [-0.3, -0.25) is 9.10 Å². The molecule has 2 aromatic rings. The predicted octanol–water partition coefficient (Wildman–Crippen LogP) is 3.74. The Kier molecular flexibility index (Phi) is 8.29. The molecule has 0 fully saturated rings. The fourth-order valence-corrected chi connectivity index (χ4v) is 4.10. The normalized spacial score (nSPS) is 12.3. The summed E-state index contributed by atoms with van der Waals surface area (Å²) in [5.41, 5.74) is 3.70. The molecule has 1 amide bonds. The van der Waals surface area contributed by atoms with Gasteiger partial charge in [-0.15, -0.1) is 0 Å². The van der Waals surface area contributed by atoms with Crippen LogP contribution in [-0.4, -0.2) is 39.8 Å². The lowest BCUT2D eigenvalue weighted by molar-refractivity contribution is -0.121. The number of amides is 1. The lowest BCUT2D eigenvalue weighted by Gasteiger charge is -2.24. The number of aryl methyl sites for hydroxylation is 3. The maximum atomic E-state index is 12.3. The maximum absolute atomic E-state index is 12.3. The van der Waals surface area contributed by atoms with Crippen LogP contribution >= 0.6 is 0 Å². The summed E-state index contributed by atoms with van der Waals surface area (Å²) >= 11 is 0. The first-order valence-electron chi connectivity index (χ1n) is 10.1. The van der Waals surface area contributed by atoms with E-state index in [0.29, 0.717) is 18.7 Å². The second-order valence-corrected chi connectivity index (χ2v) is 9.73. The minimum atomic E-state index is -3.44. The topological polar surface area (TPSA) is 75.7 Å². The number of carbonyl (C=O) groups is 1. The molecule has 0 aliphatic carbocycles. The average Bonchev–Trinajstić information content (AvgIpc) is 2.66. The number of sulfonamides is 1. The second kappa shape index (κ2) is 10.5. The van der Waals surface area contributed by atoms with Crippen LogP contribution < -0.4 is 14.4 Å². The van der Waals surface area contributed by atoms with Crippen LogP contribution in [0.4, 0.5) is 5.69 Å². The standard InChI is InChI=1S/C23H32N2O4S/c1-17-9-12-21(13-10-17)29-16-20(4)24-23(26)7-6-14-25(30(5,27)28)22-15-18(2)8-11-19(22)3/h8-13,15,20H,6-7,14,16H2,1-5H3,(H,24,26)/t20-/m0/s1. The van der Waals surface area contributed by atoms with Gasteiger partial charge in [0.1, 0.15) is 12.4 Å². The molecule has 1 N–H and O–H groups in total. The molecule has 0 radical (unpaired) electrons. The summed E-state index contributed by atoms with van der Waals surface area (Å²) < 4.78 is 31.7. The molecule has 7 heteroatoms. The molecular formula is C23H32N2O4S. The van der Waals surface area contributed by atoms with Crippen molar-refractivity contribution in [3.05, 3.63) is 59.2 Å². The van der Waals surface area contributed by atoms with Gasteiger partial charge in [0.25, 0.3) is 0 Å². The fraction of sp³-hybridized carbons (Fsp3) is 0.435. The van der Waals surface area contributed by atoms with E-state index in [9.17, 15) is 13.2 Å².